The Morgan fingerprint density at radius 3 is 2.82 bits per heavy atom. The summed E-state index contributed by atoms with van der Waals surface area (Å²) in [5.74, 6) is -0.251. The van der Waals surface area contributed by atoms with E-state index in [1.807, 2.05) is 6.92 Å². The molecule has 4 nitrogen and oxygen atoms in total. The second-order valence-corrected chi connectivity index (χ2v) is 3.07. The quantitative estimate of drug-likeness (QED) is 0.531. The SMILES string of the molecule is CC1CC(=O)NC(C(N)=O)C1. The van der Waals surface area contributed by atoms with E-state index in [4.69, 9.17) is 5.73 Å². The number of nitrogens with one attached hydrogen (secondary N) is 1. The molecule has 0 spiro atoms. The Morgan fingerprint density at radius 1 is 1.73 bits per heavy atom. The maximum absolute atomic E-state index is 10.9. The first-order valence-corrected chi connectivity index (χ1v) is 3.68. The van der Waals surface area contributed by atoms with Crippen molar-refractivity contribution in [3.8, 4) is 0 Å². The summed E-state index contributed by atoms with van der Waals surface area (Å²) in [6.07, 6.45) is 1.17. The highest BCUT2D eigenvalue weighted by Gasteiger charge is 2.26. The number of amides is 2. The van der Waals surface area contributed by atoms with E-state index < -0.39 is 11.9 Å². The highest BCUT2D eigenvalue weighted by atomic mass is 16.2. The topological polar surface area (TPSA) is 72.2 Å². The molecule has 0 aromatic carbocycles. The van der Waals surface area contributed by atoms with Gasteiger partial charge in [0.05, 0.1) is 0 Å². The van der Waals surface area contributed by atoms with Gasteiger partial charge in [-0.3, -0.25) is 9.59 Å². The first-order valence-electron chi connectivity index (χ1n) is 3.68. The maximum atomic E-state index is 10.9. The Hall–Kier alpha value is -1.06. The summed E-state index contributed by atoms with van der Waals surface area (Å²) < 4.78 is 0. The van der Waals surface area contributed by atoms with Crippen LogP contribution in [0.15, 0.2) is 0 Å². The van der Waals surface area contributed by atoms with Gasteiger partial charge in [-0.2, -0.15) is 0 Å². The van der Waals surface area contributed by atoms with E-state index in [9.17, 15) is 9.59 Å². The zero-order valence-corrected chi connectivity index (χ0v) is 6.46. The molecule has 0 aromatic rings. The molecule has 0 aromatic heterocycles. The summed E-state index contributed by atoms with van der Waals surface area (Å²) >= 11 is 0. The van der Waals surface area contributed by atoms with Crippen molar-refractivity contribution in [3.63, 3.8) is 0 Å². The highest BCUT2D eigenvalue weighted by Crippen LogP contribution is 2.15. The molecule has 62 valence electrons. The first-order chi connectivity index (χ1) is 5.09. The van der Waals surface area contributed by atoms with Gasteiger partial charge in [0.1, 0.15) is 6.04 Å². The predicted octanol–water partition coefficient (Wildman–Crippen LogP) is -0.614. The number of hydrogen-bond donors (Lipinski definition) is 2. The lowest BCUT2D eigenvalue weighted by molar-refractivity contribution is -0.130. The molecule has 1 heterocycles. The molecule has 2 atom stereocenters. The average molecular weight is 156 g/mol. The van der Waals surface area contributed by atoms with Crippen LogP contribution >= 0.6 is 0 Å². The number of carbonyl (C=O) groups excluding carboxylic acids is 2. The van der Waals surface area contributed by atoms with Crippen LogP contribution in [0.5, 0.6) is 0 Å². The summed E-state index contributed by atoms with van der Waals surface area (Å²) in [6.45, 7) is 1.94. The smallest absolute Gasteiger partial charge is 0.240 e. The van der Waals surface area contributed by atoms with Crippen LogP contribution in [0.1, 0.15) is 19.8 Å². The molecule has 4 heteroatoms. The van der Waals surface area contributed by atoms with Crippen molar-refractivity contribution in [2.24, 2.45) is 11.7 Å². The molecular weight excluding hydrogens is 144 g/mol. The van der Waals surface area contributed by atoms with Crippen molar-refractivity contribution in [3.05, 3.63) is 0 Å². The van der Waals surface area contributed by atoms with E-state index in [2.05, 4.69) is 5.32 Å². The van der Waals surface area contributed by atoms with Crippen molar-refractivity contribution in [2.45, 2.75) is 25.8 Å². The summed E-state index contributed by atoms with van der Waals surface area (Å²) in [5, 5.41) is 2.53. The van der Waals surface area contributed by atoms with Gasteiger partial charge in [0.25, 0.3) is 0 Å². The number of piperidine rings is 1. The third kappa shape index (κ3) is 1.93. The number of hydrogen-bond acceptors (Lipinski definition) is 2. The van der Waals surface area contributed by atoms with Gasteiger partial charge in [-0.15, -0.1) is 0 Å². The fourth-order valence-electron chi connectivity index (χ4n) is 1.30. The molecule has 1 aliphatic heterocycles. The van der Waals surface area contributed by atoms with Gasteiger partial charge in [0.2, 0.25) is 11.8 Å². The minimum atomic E-state index is -0.453. The Labute approximate surface area is 65.1 Å². The van der Waals surface area contributed by atoms with Gasteiger partial charge < -0.3 is 11.1 Å². The molecule has 11 heavy (non-hydrogen) atoms. The third-order valence-electron chi connectivity index (χ3n) is 1.85. The molecule has 1 aliphatic rings. The molecule has 0 bridgehead atoms. The summed E-state index contributed by atoms with van der Waals surface area (Å²) in [5.41, 5.74) is 5.04. The van der Waals surface area contributed by atoms with Gasteiger partial charge in [-0.1, -0.05) is 6.92 Å². The first kappa shape index (κ1) is 8.04. The second kappa shape index (κ2) is 2.90. The molecule has 1 rings (SSSR count). The van der Waals surface area contributed by atoms with E-state index >= 15 is 0 Å². The fraction of sp³-hybridized carbons (Fsp3) is 0.714. The predicted molar refractivity (Wildman–Crippen MR) is 39.5 cm³/mol. The van der Waals surface area contributed by atoms with Crippen LogP contribution < -0.4 is 11.1 Å². The van der Waals surface area contributed by atoms with Gasteiger partial charge in [-0.05, 0) is 12.3 Å². The van der Waals surface area contributed by atoms with Crippen molar-refractivity contribution in [2.75, 3.05) is 0 Å². The van der Waals surface area contributed by atoms with Crippen molar-refractivity contribution in [1.29, 1.82) is 0 Å². The molecule has 0 aliphatic carbocycles. The number of primary amides is 1. The fourth-order valence-corrected chi connectivity index (χ4v) is 1.30. The minimum Gasteiger partial charge on any atom is -0.368 e. The summed E-state index contributed by atoms with van der Waals surface area (Å²) in [6, 6.07) is -0.453. The third-order valence-corrected chi connectivity index (χ3v) is 1.85. The lowest BCUT2D eigenvalue weighted by atomic mass is 9.93. The van der Waals surface area contributed by atoms with Crippen LogP contribution in [0, 0.1) is 5.92 Å². The van der Waals surface area contributed by atoms with E-state index in [-0.39, 0.29) is 11.8 Å². The van der Waals surface area contributed by atoms with E-state index in [1.165, 1.54) is 0 Å². The Balaban J connectivity index is 2.56. The summed E-state index contributed by atoms with van der Waals surface area (Å²) in [4.78, 5) is 21.5. The standard InChI is InChI=1S/C7H12N2O2/c1-4-2-5(7(8)11)9-6(10)3-4/h4-5H,2-3H2,1H3,(H2,8,11)(H,9,10). The highest BCUT2D eigenvalue weighted by molar-refractivity contribution is 5.87. The van der Waals surface area contributed by atoms with Crippen LogP contribution in [0.25, 0.3) is 0 Å². The molecule has 2 amide bonds. The summed E-state index contributed by atoms with van der Waals surface area (Å²) in [7, 11) is 0. The van der Waals surface area contributed by atoms with Gasteiger partial charge in [0, 0.05) is 6.42 Å². The Kier molecular flexibility index (Phi) is 2.12. The largest absolute Gasteiger partial charge is 0.368 e. The lowest BCUT2D eigenvalue weighted by Gasteiger charge is -2.24. The zero-order chi connectivity index (χ0) is 8.43. The van der Waals surface area contributed by atoms with Crippen molar-refractivity contribution < 1.29 is 9.59 Å². The minimum absolute atomic E-state index is 0.0763. The monoisotopic (exact) mass is 156 g/mol. The van der Waals surface area contributed by atoms with Crippen LogP contribution in [0.4, 0.5) is 0 Å². The average Bonchev–Trinajstić information content (AvgIpc) is 1.85. The molecular formula is C7H12N2O2. The molecule has 3 N–H and O–H groups in total. The van der Waals surface area contributed by atoms with Crippen molar-refractivity contribution >= 4 is 11.8 Å². The number of carbonyl (C=O) groups is 2. The normalized spacial score (nSPS) is 31.2. The van der Waals surface area contributed by atoms with Crippen LogP contribution in [0.3, 0.4) is 0 Å². The molecule has 0 saturated carbocycles. The molecule has 0 radical (unpaired) electrons. The molecule has 1 fully saturated rings. The van der Waals surface area contributed by atoms with Crippen LogP contribution in [-0.4, -0.2) is 17.9 Å². The lowest BCUT2D eigenvalue weighted by Crippen LogP contribution is -2.49. The van der Waals surface area contributed by atoms with Crippen LogP contribution in [-0.2, 0) is 9.59 Å². The molecule has 2 unspecified atom stereocenters. The number of rotatable bonds is 1. The zero-order valence-electron chi connectivity index (χ0n) is 6.46. The van der Waals surface area contributed by atoms with Crippen molar-refractivity contribution in [1.82, 2.24) is 5.32 Å². The van der Waals surface area contributed by atoms with E-state index in [0.29, 0.717) is 12.8 Å². The second-order valence-electron chi connectivity index (χ2n) is 3.07. The Bertz CT molecular complexity index is 191. The number of nitrogens with two attached hydrogens (primary N) is 1. The van der Waals surface area contributed by atoms with Crippen LogP contribution in [0.2, 0.25) is 0 Å². The maximum Gasteiger partial charge on any atom is 0.240 e. The van der Waals surface area contributed by atoms with E-state index in [0.717, 1.165) is 0 Å². The van der Waals surface area contributed by atoms with Gasteiger partial charge in [0.15, 0.2) is 0 Å². The Morgan fingerprint density at radius 2 is 2.36 bits per heavy atom. The van der Waals surface area contributed by atoms with Gasteiger partial charge >= 0.3 is 0 Å². The molecule has 1 saturated heterocycles. The van der Waals surface area contributed by atoms with Gasteiger partial charge in [-0.25, -0.2) is 0 Å². The van der Waals surface area contributed by atoms with E-state index in [1.54, 1.807) is 0 Å².